The predicted molar refractivity (Wildman–Crippen MR) is 79.0 cm³/mol. The Balaban J connectivity index is 2.07. The highest BCUT2D eigenvalue weighted by Crippen LogP contribution is 2.14. The van der Waals surface area contributed by atoms with Gasteiger partial charge in [-0.3, -0.25) is 0 Å². The molecule has 0 aromatic carbocycles. The van der Waals surface area contributed by atoms with E-state index in [0.29, 0.717) is 10.8 Å². The normalized spacial score (nSPS) is 12.1. The van der Waals surface area contributed by atoms with Crippen LogP contribution < -0.4 is 11.1 Å². The van der Waals surface area contributed by atoms with Crippen LogP contribution in [0.2, 0.25) is 0 Å². The number of rotatable bonds is 5. The largest absolute Gasteiger partial charge is 0.389 e. The first-order valence-corrected chi connectivity index (χ1v) is 6.91. The molecule has 2 aromatic rings. The minimum absolute atomic E-state index is 0.240. The summed E-state index contributed by atoms with van der Waals surface area (Å²) in [7, 11) is 0. The summed E-state index contributed by atoms with van der Waals surface area (Å²) in [6.07, 6.45) is 2.51. The van der Waals surface area contributed by atoms with Gasteiger partial charge in [-0.1, -0.05) is 12.2 Å². The summed E-state index contributed by atoms with van der Waals surface area (Å²) < 4.78 is 0. The van der Waals surface area contributed by atoms with Gasteiger partial charge in [0, 0.05) is 6.04 Å². The molecule has 6 heteroatoms. The summed E-state index contributed by atoms with van der Waals surface area (Å²) in [6.45, 7) is 2.09. The Morgan fingerprint density at radius 3 is 3.06 bits per heavy atom. The highest BCUT2D eigenvalue weighted by molar-refractivity contribution is 7.80. The summed E-state index contributed by atoms with van der Waals surface area (Å²) in [4.78, 5) is 0.329. The molecule has 4 nitrogen and oxygen atoms in total. The lowest BCUT2D eigenvalue weighted by Crippen LogP contribution is -2.22. The average Bonchev–Trinajstić information content (AvgIpc) is 2.82. The number of thiocarbonyl (C=S) groups is 1. The molecule has 0 saturated heterocycles. The van der Waals surface area contributed by atoms with E-state index in [-0.39, 0.29) is 6.04 Å². The van der Waals surface area contributed by atoms with Gasteiger partial charge in [0.2, 0.25) is 0 Å². The van der Waals surface area contributed by atoms with Crippen molar-refractivity contribution < 1.29 is 0 Å². The van der Waals surface area contributed by atoms with Gasteiger partial charge >= 0.3 is 0 Å². The van der Waals surface area contributed by atoms with Crippen molar-refractivity contribution >= 4 is 34.4 Å². The molecule has 0 bridgehead atoms. The van der Waals surface area contributed by atoms with Crippen LogP contribution in [0.25, 0.3) is 0 Å². The molecular weight excluding hydrogens is 264 g/mol. The molecule has 1 atom stereocenters. The molecule has 0 aliphatic rings. The fraction of sp³-hybridized carbons (Fsp3) is 0.250. The van der Waals surface area contributed by atoms with Gasteiger partial charge in [0.15, 0.2) is 5.82 Å². The number of anilines is 1. The van der Waals surface area contributed by atoms with E-state index < -0.39 is 0 Å². The zero-order valence-electron chi connectivity index (χ0n) is 9.96. The van der Waals surface area contributed by atoms with Gasteiger partial charge in [0.05, 0.1) is 11.8 Å². The minimum atomic E-state index is 0.240. The highest BCUT2D eigenvalue weighted by Gasteiger charge is 2.10. The third-order valence-corrected chi connectivity index (χ3v) is 3.44. The van der Waals surface area contributed by atoms with Gasteiger partial charge in [-0.25, -0.2) is 0 Å². The number of hydrogen-bond acceptors (Lipinski definition) is 5. The number of nitrogens with zero attached hydrogens (tertiary/aromatic N) is 2. The average molecular weight is 278 g/mol. The second-order valence-corrected chi connectivity index (χ2v) is 5.26. The summed E-state index contributed by atoms with van der Waals surface area (Å²) >= 11 is 6.69. The van der Waals surface area contributed by atoms with E-state index in [2.05, 4.69) is 39.3 Å². The van der Waals surface area contributed by atoms with E-state index in [1.165, 1.54) is 5.56 Å². The lowest BCUT2D eigenvalue weighted by atomic mass is 10.1. The Labute approximate surface area is 115 Å². The topological polar surface area (TPSA) is 63.8 Å². The molecule has 2 aromatic heterocycles. The summed E-state index contributed by atoms with van der Waals surface area (Å²) in [6, 6.07) is 4.13. The maximum absolute atomic E-state index is 5.65. The van der Waals surface area contributed by atoms with Gasteiger partial charge in [-0.15, -0.1) is 5.10 Å². The zero-order chi connectivity index (χ0) is 13.0. The predicted octanol–water partition coefficient (Wildman–Crippen LogP) is 2.22. The third kappa shape index (κ3) is 3.24. The number of nitrogens with one attached hydrogen (secondary N) is 1. The Morgan fingerprint density at radius 2 is 2.39 bits per heavy atom. The first-order valence-electron chi connectivity index (χ1n) is 5.56. The molecule has 0 aliphatic carbocycles. The van der Waals surface area contributed by atoms with Crippen LogP contribution in [0.5, 0.6) is 0 Å². The third-order valence-electron chi connectivity index (χ3n) is 2.49. The molecule has 0 fully saturated rings. The van der Waals surface area contributed by atoms with Crippen LogP contribution >= 0.6 is 23.6 Å². The van der Waals surface area contributed by atoms with E-state index in [4.69, 9.17) is 18.0 Å². The smallest absolute Gasteiger partial charge is 0.159 e. The highest BCUT2D eigenvalue weighted by atomic mass is 32.1. The molecule has 0 aliphatic heterocycles. The minimum Gasteiger partial charge on any atom is -0.389 e. The summed E-state index contributed by atoms with van der Waals surface area (Å²) in [5.74, 6) is 0.646. The van der Waals surface area contributed by atoms with Crippen molar-refractivity contribution in [2.45, 2.75) is 19.4 Å². The van der Waals surface area contributed by atoms with Crippen LogP contribution in [0.15, 0.2) is 29.1 Å². The number of nitrogens with two attached hydrogens (primary N) is 1. The Bertz CT molecular complexity index is 525. The van der Waals surface area contributed by atoms with Crippen molar-refractivity contribution in [3.63, 3.8) is 0 Å². The van der Waals surface area contributed by atoms with Crippen molar-refractivity contribution in [2.75, 3.05) is 5.32 Å². The standard InChI is InChI=1S/C12H14N4S2/c1-8(6-9-3-5-18-7-9)15-12-10(11(13)17)2-4-14-16-12/h2-5,7-8H,6H2,1H3,(H2,13,17)(H,15,16). The molecular formula is C12H14N4S2. The van der Waals surface area contributed by atoms with E-state index in [1.807, 2.05) is 0 Å². The van der Waals surface area contributed by atoms with Gasteiger partial charge in [0.25, 0.3) is 0 Å². The lowest BCUT2D eigenvalue weighted by molar-refractivity contribution is 0.780. The van der Waals surface area contributed by atoms with Crippen LogP contribution in [0.4, 0.5) is 5.82 Å². The second kappa shape index (κ2) is 5.88. The second-order valence-electron chi connectivity index (χ2n) is 4.04. The van der Waals surface area contributed by atoms with E-state index in [1.54, 1.807) is 23.6 Å². The van der Waals surface area contributed by atoms with Gasteiger partial charge < -0.3 is 11.1 Å². The molecule has 2 rings (SSSR count). The molecule has 0 spiro atoms. The van der Waals surface area contributed by atoms with Crippen LogP contribution in [0.3, 0.4) is 0 Å². The lowest BCUT2D eigenvalue weighted by Gasteiger charge is -2.15. The van der Waals surface area contributed by atoms with E-state index in [0.717, 1.165) is 12.0 Å². The van der Waals surface area contributed by atoms with Crippen LogP contribution in [-0.2, 0) is 6.42 Å². The van der Waals surface area contributed by atoms with Gasteiger partial charge in [0.1, 0.15) is 4.99 Å². The summed E-state index contributed by atoms with van der Waals surface area (Å²) in [5.41, 5.74) is 7.69. The quantitative estimate of drug-likeness (QED) is 0.821. The first kappa shape index (κ1) is 12.9. The monoisotopic (exact) mass is 278 g/mol. The number of thiophene rings is 1. The van der Waals surface area contributed by atoms with E-state index in [9.17, 15) is 0 Å². The van der Waals surface area contributed by atoms with Crippen molar-refractivity contribution in [2.24, 2.45) is 5.73 Å². The van der Waals surface area contributed by atoms with Crippen molar-refractivity contribution in [1.29, 1.82) is 0 Å². The molecule has 18 heavy (non-hydrogen) atoms. The molecule has 0 saturated carbocycles. The zero-order valence-corrected chi connectivity index (χ0v) is 11.6. The molecule has 3 N–H and O–H groups in total. The fourth-order valence-corrected chi connectivity index (χ4v) is 2.53. The molecule has 0 radical (unpaired) electrons. The number of hydrogen-bond donors (Lipinski definition) is 2. The Hall–Kier alpha value is -1.53. The molecule has 2 heterocycles. The van der Waals surface area contributed by atoms with Crippen molar-refractivity contribution in [3.05, 3.63) is 40.2 Å². The maximum atomic E-state index is 5.65. The molecule has 94 valence electrons. The van der Waals surface area contributed by atoms with Crippen LogP contribution in [-0.4, -0.2) is 21.2 Å². The molecule has 0 amide bonds. The van der Waals surface area contributed by atoms with Crippen LogP contribution in [0.1, 0.15) is 18.1 Å². The molecule has 1 unspecified atom stereocenters. The van der Waals surface area contributed by atoms with Gasteiger partial charge in [-0.2, -0.15) is 16.4 Å². The number of aromatic nitrogens is 2. The maximum Gasteiger partial charge on any atom is 0.159 e. The van der Waals surface area contributed by atoms with E-state index >= 15 is 0 Å². The van der Waals surface area contributed by atoms with Crippen LogP contribution in [0, 0.1) is 0 Å². The van der Waals surface area contributed by atoms with Crippen molar-refractivity contribution in [1.82, 2.24) is 10.2 Å². The summed E-state index contributed by atoms with van der Waals surface area (Å²) in [5, 5.41) is 15.4. The van der Waals surface area contributed by atoms with Gasteiger partial charge in [-0.05, 0) is 41.8 Å². The SMILES string of the molecule is CC(Cc1ccsc1)Nc1nnccc1C(N)=S. The Morgan fingerprint density at radius 1 is 1.56 bits per heavy atom. The first-order chi connectivity index (χ1) is 8.66. The Kier molecular flexibility index (Phi) is 4.22. The van der Waals surface area contributed by atoms with Crippen molar-refractivity contribution in [3.8, 4) is 0 Å². The fourth-order valence-electron chi connectivity index (χ4n) is 1.68.